The maximum absolute atomic E-state index is 11.5. The molecule has 0 rings (SSSR count). The Morgan fingerprint density at radius 3 is 2.33 bits per heavy atom. The van der Waals surface area contributed by atoms with E-state index in [4.69, 9.17) is 5.11 Å². The molecule has 1 atom stereocenters. The van der Waals surface area contributed by atoms with Crippen molar-refractivity contribution < 1.29 is 32.6 Å². The molecule has 1 unspecified atom stereocenters. The van der Waals surface area contributed by atoms with Gasteiger partial charge in [-0.25, -0.2) is 4.79 Å². The number of halogens is 3. The predicted molar refractivity (Wildman–Crippen MR) is 41.9 cm³/mol. The SMILES string of the molecule is CC(=O)NC(CCOC(F)(F)F)C(=O)O. The normalized spacial score (nSPS) is 13.3. The van der Waals surface area contributed by atoms with Crippen LogP contribution < -0.4 is 5.32 Å². The number of carboxylic acids is 1. The Bertz CT molecular complexity index is 241. The van der Waals surface area contributed by atoms with Crippen LogP contribution in [-0.4, -0.2) is 36.0 Å². The molecule has 0 bridgehead atoms. The van der Waals surface area contributed by atoms with Gasteiger partial charge in [0.05, 0.1) is 6.61 Å². The van der Waals surface area contributed by atoms with E-state index < -0.39 is 37.3 Å². The van der Waals surface area contributed by atoms with Gasteiger partial charge in [-0.1, -0.05) is 0 Å². The smallest absolute Gasteiger partial charge is 0.480 e. The molecule has 8 heteroatoms. The van der Waals surface area contributed by atoms with E-state index in [0.717, 1.165) is 6.92 Å². The second kappa shape index (κ2) is 5.54. The molecule has 5 nitrogen and oxygen atoms in total. The lowest BCUT2D eigenvalue weighted by Gasteiger charge is -2.13. The fourth-order valence-corrected chi connectivity index (χ4v) is 0.795. The fourth-order valence-electron chi connectivity index (χ4n) is 0.795. The van der Waals surface area contributed by atoms with Gasteiger partial charge in [-0.15, -0.1) is 13.2 Å². The average Bonchev–Trinajstić information content (AvgIpc) is 1.99. The number of aliphatic carboxylic acids is 1. The summed E-state index contributed by atoms with van der Waals surface area (Å²) >= 11 is 0. The standard InChI is InChI=1S/C7H10F3NO4/c1-4(12)11-5(6(13)14)2-3-15-7(8,9)10/h5H,2-3H2,1H3,(H,11,12)(H,13,14). The van der Waals surface area contributed by atoms with Crippen LogP contribution in [0, 0.1) is 0 Å². The lowest BCUT2D eigenvalue weighted by atomic mass is 10.2. The summed E-state index contributed by atoms with van der Waals surface area (Å²) in [4.78, 5) is 20.9. The molecule has 0 aromatic carbocycles. The van der Waals surface area contributed by atoms with E-state index in [1.165, 1.54) is 0 Å². The minimum atomic E-state index is -4.79. The molecule has 0 fully saturated rings. The predicted octanol–water partition coefficient (Wildman–Crippen LogP) is 0.502. The molecule has 88 valence electrons. The maximum atomic E-state index is 11.5. The largest absolute Gasteiger partial charge is 0.522 e. The summed E-state index contributed by atoms with van der Waals surface area (Å²) in [5.74, 6) is -2.04. The molecule has 0 aliphatic rings. The molecule has 0 spiro atoms. The highest BCUT2D eigenvalue weighted by Gasteiger charge is 2.30. The Labute approximate surface area is 83.2 Å². The van der Waals surface area contributed by atoms with E-state index in [2.05, 4.69) is 4.74 Å². The van der Waals surface area contributed by atoms with Crippen molar-refractivity contribution in [1.82, 2.24) is 5.32 Å². The topological polar surface area (TPSA) is 75.6 Å². The summed E-state index contributed by atoms with van der Waals surface area (Å²) in [6.07, 6.45) is -5.24. The molecule has 2 N–H and O–H groups in total. The number of nitrogens with one attached hydrogen (secondary N) is 1. The third kappa shape index (κ3) is 7.74. The lowest BCUT2D eigenvalue weighted by molar-refractivity contribution is -0.324. The van der Waals surface area contributed by atoms with Gasteiger partial charge in [0.25, 0.3) is 0 Å². The van der Waals surface area contributed by atoms with Crippen LogP contribution in [0.25, 0.3) is 0 Å². The molecular weight excluding hydrogens is 219 g/mol. The van der Waals surface area contributed by atoms with E-state index in [-0.39, 0.29) is 0 Å². The molecule has 0 heterocycles. The minimum absolute atomic E-state index is 0.450. The summed E-state index contributed by atoms with van der Waals surface area (Å²) in [6, 6.07) is -1.37. The molecule has 1 amide bonds. The van der Waals surface area contributed by atoms with Crippen LogP contribution in [0.2, 0.25) is 0 Å². The van der Waals surface area contributed by atoms with Crippen molar-refractivity contribution in [2.75, 3.05) is 6.61 Å². The number of ether oxygens (including phenoxy) is 1. The number of carboxylic acid groups (broad SMARTS) is 1. The van der Waals surface area contributed by atoms with Crippen molar-refractivity contribution in [2.24, 2.45) is 0 Å². The highest BCUT2D eigenvalue weighted by molar-refractivity contribution is 5.81. The maximum Gasteiger partial charge on any atom is 0.522 e. The highest BCUT2D eigenvalue weighted by atomic mass is 19.4. The van der Waals surface area contributed by atoms with Crippen molar-refractivity contribution in [3.8, 4) is 0 Å². The van der Waals surface area contributed by atoms with Gasteiger partial charge in [-0.3, -0.25) is 9.53 Å². The van der Waals surface area contributed by atoms with Crippen LogP contribution in [0.1, 0.15) is 13.3 Å². The average molecular weight is 229 g/mol. The first kappa shape index (κ1) is 13.7. The van der Waals surface area contributed by atoms with E-state index in [9.17, 15) is 22.8 Å². The number of alkyl halides is 3. The van der Waals surface area contributed by atoms with E-state index in [0.29, 0.717) is 0 Å². The number of carbonyl (C=O) groups excluding carboxylic acids is 1. The quantitative estimate of drug-likeness (QED) is 0.719. The second-order valence-corrected chi connectivity index (χ2v) is 2.67. The lowest BCUT2D eigenvalue weighted by Crippen LogP contribution is -2.40. The summed E-state index contributed by atoms with van der Waals surface area (Å²) in [5, 5.41) is 10.5. The van der Waals surface area contributed by atoms with Crippen molar-refractivity contribution >= 4 is 11.9 Å². The van der Waals surface area contributed by atoms with Crippen LogP contribution in [-0.2, 0) is 14.3 Å². The monoisotopic (exact) mass is 229 g/mol. The first-order valence-electron chi connectivity index (χ1n) is 3.93. The van der Waals surface area contributed by atoms with E-state index in [1.807, 2.05) is 5.32 Å². The van der Waals surface area contributed by atoms with Crippen molar-refractivity contribution in [2.45, 2.75) is 25.7 Å². The molecular formula is C7H10F3NO4. The van der Waals surface area contributed by atoms with Gasteiger partial charge in [0.15, 0.2) is 0 Å². The number of rotatable bonds is 5. The zero-order valence-electron chi connectivity index (χ0n) is 7.80. The van der Waals surface area contributed by atoms with Crippen LogP contribution in [0.4, 0.5) is 13.2 Å². The summed E-state index contributed by atoms with van der Waals surface area (Å²) in [7, 11) is 0. The summed E-state index contributed by atoms with van der Waals surface area (Å²) < 4.78 is 37.9. The zero-order valence-corrected chi connectivity index (χ0v) is 7.80. The number of carbonyl (C=O) groups is 2. The van der Waals surface area contributed by atoms with Gasteiger partial charge in [0.2, 0.25) is 5.91 Å². The molecule has 0 aliphatic heterocycles. The van der Waals surface area contributed by atoms with Crippen molar-refractivity contribution in [3.05, 3.63) is 0 Å². The first-order valence-corrected chi connectivity index (χ1v) is 3.93. The van der Waals surface area contributed by atoms with Crippen LogP contribution in [0.5, 0.6) is 0 Å². The Morgan fingerprint density at radius 2 is 2.00 bits per heavy atom. The number of hydrogen-bond donors (Lipinski definition) is 2. The van der Waals surface area contributed by atoms with Gasteiger partial charge in [-0.2, -0.15) is 0 Å². The summed E-state index contributed by atoms with van der Waals surface area (Å²) in [6.45, 7) is 0.251. The zero-order chi connectivity index (χ0) is 12.1. The van der Waals surface area contributed by atoms with E-state index >= 15 is 0 Å². The van der Waals surface area contributed by atoms with Gasteiger partial charge in [0, 0.05) is 13.3 Å². The van der Waals surface area contributed by atoms with Gasteiger partial charge < -0.3 is 10.4 Å². The Balaban J connectivity index is 3.98. The Kier molecular flexibility index (Phi) is 5.06. The second-order valence-electron chi connectivity index (χ2n) is 2.67. The Hall–Kier alpha value is -1.31. The van der Waals surface area contributed by atoms with Crippen LogP contribution in [0.15, 0.2) is 0 Å². The van der Waals surface area contributed by atoms with Crippen LogP contribution >= 0.6 is 0 Å². The van der Waals surface area contributed by atoms with Gasteiger partial charge >= 0.3 is 12.3 Å². The first-order chi connectivity index (χ1) is 6.72. The van der Waals surface area contributed by atoms with Gasteiger partial charge in [-0.05, 0) is 0 Å². The molecule has 0 aliphatic carbocycles. The molecule has 15 heavy (non-hydrogen) atoms. The Morgan fingerprint density at radius 1 is 1.47 bits per heavy atom. The van der Waals surface area contributed by atoms with Gasteiger partial charge in [0.1, 0.15) is 6.04 Å². The molecule has 0 aromatic rings. The number of hydrogen-bond acceptors (Lipinski definition) is 3. The molecule has 0 saturated heterocycles. The van der Waals surface area contributed by atoms with E-state index in [1.54, 1.807) is 0 Å². The van der Waals surface area contributed by atoms with Crippen molar-refractivity contribution in [3.63, 3.8) is 0 Å². The fraction of sp³-hybridized carbons (Fsp3) is 0.714. The molecule has 0 saturated carbocycles. The number of amides is 1. The molecule has 0 aromatic heterocycles. The van der Waals surface area contributed by atoms with Crippen molar-refractivity contribution in [1.29, 1.82) is 0 Å². The third-order valence-electron chi connectivity index (χ3n) is 1.35. The summed E-state index contributed by atoms with van der Waals surface area (Å²) in [5.41, 5.74) is 0. The van der Waals surface area contributed by atoms with Crippen LogP contribution in [0.3, 0.4) is 0 Å². The third-order valence-corrected chi connectivity index (χ3v) is 1.35. The minimum Gasteiger partial charge on any atom is -0.480 e. The molecule has 0 radical (unpaired) electrons. The highest BCUT2D eigenvalue weighted by Crippen LogP contribution is 2.16.